The highest BCUT2D eigenvalue weighted by atomic mass is 35.5. The molecule has 1 atom stereocenters. The van der Waals surface area contributed by atoms with E-state index in [1.807, 2.05) is 11.9 Å². The number of rotatable bonds is 2. The zero-order valence-corrected chi connectivity index (χ0v) is 12.8. The molecule has 1 aliphatic rings. The van der Waals surface area contributed by atoms with Crippen molar-refractivity contribution in [3.05, 3.63) is 35.0 Å². The molecule has 2 heterocycles. The summed E-state index contributed by atoms with van der Waals surface area (Å²) in [5, 5.41) is 10.8. The van der Waals surface area contributed by atoms with E-state index in [2.05, 4.69) is 4.98 Å². The molecule has 1 fully saturated rings. The van der Waals surface area contributed by atoms with Crippen molar-refractivity contribution in [3.8, 4) is 0 Å². The van der Waals surface area contributed by atoms with Crippen molar-refractivity contribution in [2.75, 3.05) is 26.7 Å². The van der Waals surface area contributed by atoms with Gasteiger partial charge in [0.2, 0.25) is 0 Å². The average Bonchev–Trinajstić information content (AvgIpc) is 2.89. The molecule has 1 amide bonds. The molecule has 1 aliphatic heterocycles. The number of nitrogens with one attached hydrogen (secondary N) is 1. The van der Waals surface area contributed by atoms with E-state index in [0.29, 0.717) is 30.4 Å². The number of aliphatic carboxylic acids is 1. The van der Waals surface area contributed by atoms with Crippen LogP contribution in [0.4, 0.5) is 0 Å². The number of halogens is 1. The van der Waals surface area contributed by atoms with Crippen molar-refractivity contribution in [2.45, 2.75) is 6.04 Å². The Hall–Kier alpha value is -2.05. The average molecular weight is 322 g/mol. The molecule has 7 heteroatoms. The van der Waals surface area contributed by atoms with E-state index in [1.54, 1.807) is 24.3 Å². The van der Waals surface area contributed by atoms with E-state index >= 15 is 0 Å². The summed E-state index contributed by atoms with van der Waals surface area (Å²) < 4.78 is 0. The first kappa shape index (κ1) is 14.9. The van der Waals surface area contributed by atoms with Crippen LogP contribution in [-0.2, 0) is 4.79 Å². The van der Waals surface area contributed by atoms with Crippen LogP contribution in [0.15, 0.2) is 24.3 Å². The zero-order chi connectivity index (χ0) is 15.9. The molecule has 1 aromatic carbocycles. The van der Waals surface area contributed by atoms with Crippen LogP contribution in [0, 0.1) is 0 Å². The van der Waals surface area contributed by atoms with Crippen molar-refractivity contribution in [2.24, 2.45) is 0 Å². The smallest absolute Gasteiger partial charge is 0.327 e. The molecular weight excluding hydrogens is 306 g/mol. The van der Waals surface area contributed by atoms with Crippen LogP contribution in [0.5, 0.6) is 0 Å². The quantitative estimate of drug-likeness (QED) is 0.882. The number of piperazine rings is 1. The summed E-state index contributed by atoms with van der Waals surface area (Å²) in [6.07, 6.45) is 0. The third-order valence-corrected chi connectivity index (χ3v) is 4.18. The number of benzene rings is 1. The lowest BCUT2D eigenvalue weighted by Gasteiger charge is -2.37. The van der Waals surface area contributed by atoms with Gasteiger partial charge in [-0.2, -0.15) is 0 Å². The number of carboxylic acid groups (broad SMARTS) is 1. The van der Waals surface area contributed by atoms with E-state index in [4.69, 9.17) is 11.6 Å². The third-order valence-electron chi connectivity index (χ3n) is 3.94. The van der Waals surface area contributed by atoms with Crippen LogP contribution in [0.2, 0.25) is 5.02 Å². The molecule has 1 aromatic heterocycles. The molecule has 1 saturated heterocycles. The standard InChI is InChI=1S/C15H16ClN3O3/c1-18-4-5-19(13(8-18)15(21)22)14(20)12-7-9-6-10(16)2-3-11(9)17-12/h2-3,6-7,13,17H,4-5,8H2,1H3,(H,21,22). The van der Waals surface area contributed by atoms with Gasteiger partial charge in [0.05, 0.1) is 0 Å². The van der Waals surface area contributed by atoms with Crippen LogP contribution in [0.3, 0.4) is 0 Å². The van der Waals surface area contributed by atoms with Crippen molar-refractivity contribution in [1.29, 1.82) is 0 Å². The highest BCUT2D eigenvalue weighted by Crippen LogP contribution is 2.22. The van der Waals surface area contributed by atoms with Crippen molar-refractivity contribution < 1.29 is 14.7 Å². The van der Waals surface area contributed by atoms with Crippen LogP contribution >= 0.6 is 11.6 Å². The van der Waals surface area contributed by atoms with Crippen LogP contribution in [-0.4, -0.2) is 64.5 Å². The highest BCUT2D eigenvalue weighted by Gasteiger charge is 2.35. The summed E-state index contributed by atoms with van der Waals surface area (Å²) in [4.78, 5) is 30.4. The second-order valence-electron chi connectivity index (χ2n) is 5.53. The minimum absolute atomic E-state index is 0.298. The molecule has 0 radical (unpaired) electrons. The number of aromatic amines is 1. The molecule has 3 rings (SSSR count). The van der Waals surface area contributed by atoms with E-state index < -0.39 is 12.0 Å². The minimum Gasteiger partial charge on any atom is -0.480 e. The van der Waals surface area contributed by atoms with E-state index in [-0.39, 0.29) is 5.91 Å². The van der Waals surface area contributed by atoms with Gasteiger partial charge < -0.3 is 19.9 Å². The van der Waals surface area contributed by atoms with Gasteiger partial charge in [0, 0.05) is 35.6 Å². The maximum absolute atomic E-state index is 12.7. The fourth-order valence-corrected chi connectivity index (χ4v) is 2.93. The Kier molecular flexibility index (Phi) is 3.80. The van der Waals surface area contributed by atoms with E-state index in [9.17, 15) is 14.7 Å². The van der Waals surface area contributed by atoms with Gasteiger partial charge in [-0.05, 0) is 31.3 Å². The predicted octanol–water partition coefficient (Wildman–Crippen LogP) is 1.66. The van der Waals surface area contributed by atoms with Crippen LogP contribution in [0.1, 0.15) is 10.5 Å². The number of nitrogens with zero attached hydrogens (tertiary/aromatic N) is 2. The number of hydrogen-bond donors (Lipinski definition) is 2. The number of carbonyl (C=O) groups is 2. The zero-order valence-electron chi connectivity index (χ0n) is 12.0. The lowest BCUT2D eigenvalue weighted by atomic mass is 10.1. The van der Waals surface area contributed by atoms with Gasteiger partial charge in [-0.3, -0.25) is 4.79 Å². The van der Waals surface area contributed by atoms with Gasteiger partial charge in [-0.1, -0.05) is 11.6 Å². The number of fused-ring (bicyclic) bond motifs is 1. The Balaban J connectivity index is 1.92. The SMILES string of the molecule is CN1CCN(C(=O)c2cc3cc(Cl)ccc3[nH]2)C(C(=O)O)C1. The van der Waals surface area contributed by atoms with E-state index in [1.165, 1.54) is 4.90 Å². The molecule has 2 N–H and O–H groups in total. The first-order chi connectivity index (χ1) is 10.5. The Morgan fingerprint density at radius 3 is 2.82 bits per heavy atom. The number of aromatic nitrogens is 1. The number of amides is 1. The number of carbonyl (C=O) groups excluding carboxylic acids is 1. The molecular formula is C15H16ClN3O3. The minimum atomic E-state index is -0.987. The van der Waals surface area contributed by atoms with Gasteiger partial charge >= 0.3 is 5.97 Å². The molecule has 0 spiro atoms. The first-order valence-electron chi connectivity index (χ1n) is 6.96. The predicted molar refractivity (Wildman–Crippen MR) is 83.3 cm³/mol. The number of hydrogen-bond acceptors (Lipinski definition) is 3. The normalized spacial score (nSPS) is 19.5. The van der Waals surface area contributed by atoms with Gasteiger partial charge in [-0.25, -0.2) is 4.79 Å². The summed E-state index contributed by atoms with van der Waals surface area (Å²) >= 11 is 5.94. The summed E-state index contributed by atoms with van der Waals surface area (Å²) in [5.41, 5.74) is 1.18. The molecule has 0 bridgehead atoms. The maximum atomic E-state index is 12.7. The topological polar surface area (TPSA) is 76.6 Å². The van der Waals surface area contributed by atoms with Gasteiger partial charge in [0.25, 0.3) is 5.91 Å². The van der Waals surface area contributed by atoms with Gasteiger partial charge in [0.1, 0.15) is 11.7 Å². The largest absolute Gasteiger partial charge is 0.480 e. The second kappa shape index (κ2) is 5.62. The summed E-state index contributed by atoms with van der Waals surface area (Å²) in [6, 6.07) is 6.18. The molecule has 6 nitrogen and oxygen atoms in total. The van der Waals surface area contributed by atoms with Crippen molar-refractivity contribution >= 4 is 34.4 Å². The van der Waals surface area contributed by atoms with E-state index in [0.717, 1.165) is 10.9 Å². The molecule has 1 unspecified atom stereocenters. The lowest BCUT2D eigenvalue weighted by molar-refractivity contribution is -0.144. The monoisotopic (exact) mass is 321 g/mol. The second-order valence-corrected chi connectivity index (χ2v) is 5.97. The summed E-state index contributed by atoms with van der Waals surface area (Å²) in [7, 11) is 1.85. The highest BCUT2D eigenvalue weighted by molar-refractivity contribution is 6.31. The fourth-order valence-electron chi connectivity index (χ4n) is 2.75. The molecule has 0 aliphatic carbocycles. The number of likely N-dealkylation sites (N-methyl/N-ethyl adjacent to an activating group) is 1. The van der Waals surface area contributed by atoms with Gasteiger partial charge in [-0.15, -0.1) is 0 Å². The Morgan fingerprint density at radius 2 is 2.09 bits per heavy atom. The van der Waals surface area contributed by atoms with Crippen LogP contribution in [0.25, 0.3) is 10.9 Å². The Labute approximate surface area is 132 Å². The number of carboxylic acids is 1. The molecule has 22 heavy (non-hydrogen) atoms. The number of H-pyrrole nitrogens is 1. The van der Waals surface area contributed by atoms with Crippen molar-refractivity contribution in [3.63, 3.8) is 0 Å². The molecule has 116 valence electrons. The molecule has 0 saturated carbocycles. The van der Waals surface area contributed by atoms with Crippen LogP contribution < -0.4 is 0 Å². The van der Waals surface area contributed by atoms with Gasteiger partial charge in [0.15, 0.2) is 0 Å². The first-order valence-corrected chi connectivity index (χ1v) is 7.34. The lowest BCUT2D eigenvalue weighted by Crippen LogP contribution is -2.57. The fraction of sp³-hybridized carbons (Fsp3) is 0.333. The van der Waals surface area contributed by atoms with Crippen molar-refractivity contribution in [1.82, 2.24) is 14.8 Å². The Bertz CT molecular complexity index is 743. The molecule has 2 aromatic rings. The third kappa shape index (κ3) is 2.67. The summed E-state index contributed by atoms with van der Waals surface area (Å²) in [5.74, 6) is -1.29. The summed E-state index contributed by atoms with van der Waals surface area (Å²) in [6.45, 7) is 1.37. The maximum Gasteiger partial charge on any atom is 0.327 e. The Morgan fingerprint density at radius 1 is 1.32 bits per heavy atom.